The zero-order valence-corrected chi connectivity index (χ0v) is 28.4. The van der Waals surface area contributed by atoms with Gasteiger partial charge in [-0.15, -0.1) is 0 Å². The second-order valence-corrected chi connectivity index (χ2v) is 14.6. The van der Waals surface area contributed by atoms with E-state index in [0.29, 0.717) is 25.9 Å². The molecule has 2 heterocycles. The molecule has 10 heteroatoms. The first kappa shape index (κ1) is 35.5. The SMILES string of the molecule is CN[C@H](C(=O)N[C@H](C(=O)N(C)[C@H](CN1CCCC1C(=O)N1CCC[C@H]1C(N)=O)C(C)C)C(C)(C)C)C(C)(C)c1ccccc1. The fourth-order valence-electron chi connectivity index (χ4n) is 6.96. The Balaban J connectivity index is 1.79. The van der Waals surface area contributed by atoms with E-state index in [1.807, 2.05) is 65.0 Å². The average molecular weight is 613 g/mol. The largest absolute Gasteiger partial charge is 0.368 e. The number of benzene rings is 1. The summed E-state index contributed by atoms with van der Waals surface area (Å²) in [6, 6.07) is 7.50. The molecular weight excluding hydrogens is 556 g/mol. The van der Waals surface area contributed by atoms with Crippen LogP contribution in [0, 0.1) is 11.3 Å². The summed E-state index contributed by atoms with van der Waals surface area (Å²) in [6.07, 6.45) is 2.97. The number of likely N-dealkylation sites (tertiary alicyclic amines) is 2. The van der Waals surface area contributed by atoms with Gasteiger partial charge in [-0.2, -0.15) is 0 Å². The molecule has 4 amide bonds. The number of rotatable bonds is 12. The van der Waals surface area contributed by atoms with E-state index in [0.717, 1.165) is 24.9 Å². The number of carbonyl (C=O) groups excluding carboxylic acids is 4. The van der Waals surface area contributed by atoms with Crippen LogP contribution in [0.4, 0.5) is 0 Å². The molecule has 2 fully saturated rings. The second kappa shape index (κ2) is 14.4. The van der Waals surface area contributed by atoms with Gasteiger partial charge in [0.2, 0.25) is 23.6 Å². The molecule has 2 aliphatic heterocycles. The van der Waals surface area contributed by atoms with Crippen LogP contribution in [0.3, 0.4) is 0 Å². The summed E-state index contributed by atoms with van der Waals surface area (Å²) < 4.78 is 0. The molecule has 0 bridgehead atoms. The zero-order chi connectivity index (χ0) is 33.0. The van der Waals surface area contributed by atoms with Gasteiger partial charge in [0.1, 0.15) is 12.1 Å². The molecule has 0 aromatic heterocycles. The van der Waals surface area contributed by atoms with E-state index in [4.69, 9.17) is 5.73 Å². The van der Waals surface area contributed by atoms with Crippen molar-refractivity contribution in [3.63, 3.8) is 0 Å². The molecular formula is C34H56N6O4. The van der Waals surface area contributed by atoms with Crippen LogP contribution in [0.5, 0.6) is 0 Å². The maximum atomic E-state index is 14.3. The number of likely N-dealkylation sites (N-methyl/N-ethyl adjacent to an activating group) is 2. The van der Waals surface area contributed by atoms with E-state index in [1.54, 1.807) is 23.9 Å². The lowest BCUT2D eigenvalue weighted by Crippen LogP contribution is -2.62. The fraction of sp³-hybridized carbons (Fsp3) is 0.706. The van der Waals surface area contributed by atoms with Gasteiger partial charge in [0, 0.05) is 31.6 Å². The van der Waals surface area contributed by atoms with Crippen molar-refractivity contribution < 1.29 is 19.2 Å². The lowest BCUT2D eigenvalue weighted by Gasteiger charge is -2.41. The van der Waals surface area contributed by atoms with Crippen molar-refractivity contribution in [2.24, 2.45) is 17.1 Å². The molecule has 0 radical (unpaired) electrons. The summed E-state index contributed by atoms with van der Waals surface area (Å²) in [7, 11) is 3.57. The zero-order valence-electron chi connectivity index (χ0n) is 28.4. The summed E-state index contributed by atoms with van der Waals surface area (Å²) in [6.45, 7) is 15.9. The third kappa shape index (κ3) is 7.80. The Hall–Kier alpha value is -2.98. The Bertz CT molecular complexity index is 1160. The summed E-state index contributed by atoms with van der Waals surface area (Å²) in [5.74, 6) is -0.784. The third-order valence-corrected chi connectivity index (χ3v) is 9.74. The minimum Gasteiger partial charge on any atom is -0.368 e. The van der Waals surface area contributed by atoms with Crippen LogP contribution in [0.15, 0.2) is 30.3 Å². The Kier molecular flexibility index (Phi) is 11.6. The average Bonchev–Trinajstić information content (AvgIpc) is 3.64. The second-order valence-electron chi connectivity index (χ2n) is 14.6. The molecule has 1 aromatic rings. The number of nitrogens with zero attached hydrogens (tertiary/aromatic N) is 3. The van der Waals surface area contributed by atoms with E-state index in [-0.39, 0.29) is 35.7 Å². The number of nitrogens with one attached hydrogen (secondary N) is 2. The van der Waals surface area contributed by atoms with Gasteiger partial charge in [0.15, 0.2) is 0 Å². The smallest absolute Gasteiger partial charge is 0.245 e. The number of hydrogen-bond donors (Lipinski definition) is 3. The highest BCUT2D eigenvalue weighted by molar-refractivity contribution is 5.91. The van der Waals surface area contributed by atoms with E-state index >= 15 is 0 Å². The Labute approximate surface area is 264 Å². The number of hydrogen-bond acceptors (Lipinski definition) is 6. The third-order valence-electron chi connectivity index (χ3n) is 9.74. The number of nitrogens with two attached hydrogens (primary N) is 1. The molecule has 44 heavy (non-hydrogen) atoms. The standard InChI is InChI=1S/C34H56N6O4/c1-22(2)26(21-39-19-13-18-25(39)31(43)40-20-14-17-24(40)29(35)41)38(9)32(44)28(33(3,4)5)37-30(42)27(36-8)34(6,7)23-15-11-10-12-16-23/h10-12,15-16,22,24-28,36H,13-14,17-21H2,1-9H3,(H2,35,41)(H,37,42)/t24-,25?,26+,27+,28+/m0/s1. The number of primary amides is 1. The van der Waals surface area contributed by atoms with E-state index in [9.17, 15) is 19.2 Å². The molecule has 10 nitrogen and oxygen atoms in total. The summed E-state index contributed by atoms with van der Waals surface area (Å²) in [5, 5.41) is 6.32. The van der Waals surface area contributed by atoms with E-state index in [2.05, 4.69) is 29.4 Å². The summed E-state index contributed by atoms with van der Waals surface area (Å²) in [5.41, 5.74) is 5.55. The molecule has 0 saturated carbocycles. The van der Waals surface area contributed by atoms with Crippen molar-refractivity contribution >= 4 is 23.6 Å². The highest BCUT2D eigenvalue weighted by atomic mass is 16.2. The van der Waals surface area contributed by atoms with E-state index < -0.39 is 34.9 Å². The minimum absolute atomic E-state index is 0.0424. The number of amides is 4. The first-order chi connectivity index (χ1) is 20.5. The lowest BCUT2D eigenvalue weighted by molar-refractivity contribution is -0.143. The molecule has 5 atom stereocenters. The predicted octanol–water partition coefficient (Wildman–Crippen LogP) is 2.51. The van der Waals surface area contributed by atoms with Gasteiger partial charge < -0.3 is 26.2 Å². The van der Waals surface area contributed by atoms with Crippen LogP contribution < -0.4 is 16.4 Å². The highest BCUT2D eigenvalue weighted by Crippen LogP contribution is 2.30. The molecule has 1 aromatic carbocycles. The summed E-state index contributed by atoms with van der Waals surface area (Å²) in [4.78, 5) is 59.3. The molecule has 0 aliphatic carbocycles. The van der Waals surface area contributed by atoms with Crippen molar-refractivity contribution in [2.45, 2.75) is 110 Å². The first-order valence-corrected chi connectivity index (χ1v) is 16.2. The van der Waals surface area contributed by atoms with Gasteiger partial charge in [-0.3, -0.25) is 24.1 Å². The Morgan fingerprint density at radius 1 is 0.955 bits per heavy atom. The van der Waals surface area contributed by atoms with Crippen molar-refractivity contribution in [1.82, 2.24) is 25.3 Å². The van der Waals surface area contributed by atoms with Gasteiger partial charge in [-0.25, -0.2) is 0 Å². The molecule has 246 valence electrons. The summed E-state index contributed by atoms with van der Waals surface area (Å²) >= 11 is 0. The highest BCUT2D eigenvalue weighted by Gasteiger charge is 2.44. The maximum Gasteiger partial charge on any atom is 0.245 e. The molecule has 1 unspecified atom stereocenters. The molecule has 2 aliphatic rings. The molecule has 2 saturated heterocycles. The Morgan fingerprint density at radius 2 is 1.55 bits per heavy atom. The molecule has 0 spiro atoms. The minimum atomic E-state index is -0.763. The van der Waals surface area contributed by atoms with Crippen molar-refractivity contribution in [1.29, 1.82) is 0 Å². The first-order valence-electron chi connectivity index (χ1n) is 16.2. The van der Waals surface area contributed by atoms with Gasteiger partial charge in [-0.1, -0.05) is 78.8 Å². The molecule has 3 rings (SSSR count). The molecule has 4 N–H and O–H groups in total. The van der Waals surface area contributed by atoms with Crippen molar-refractivity contribution in [3.8, 4) is 0 Å². The Morgan fingerprint density at radius 3 is 2.09 bits per heavy atom. The topological polar surface area (TPSA) is 128 Å². The van der Waals surface area contributed by atoms with Crippen molar-refractivity contribution in [2.75, 3.05) is 33.7 Å². The number of carbonyl (C=O) groups is 4. The van der Waals surface area contributed by atoms with Crippen LogP contribution in [0.1, 0.15) is 79.7 Å². The predicted molar refractivity (Wildman–Crippen MR) is 174 cm³/mol. The monoisotopic (exact) mass is 612 g/mol. The van der Waals surface area contributed by atoms with Gasteiger partial charge in [0.05, 0.1) is 12.1 Å². The van der Waals surface area contributed by atoms with Crippen molar-refractivity contribution in [3.05, 3.63) is 35.9 Å². The normalized spacial score (nSPS) is 21.6. The van der Waals surface area contributed by atoms with Gasteiger partial charge in [0.25, 0.3) is 0 Å². The maximum absolute atomic E-state index is 14.3. The van der Waals surface area contributed by atoms with E-state index in [1.165, 1.54) is 0 Å². The quantitative estimate of drug-likeness (QED) is 0.333. The van der Waals surface area contributed by atoms with Crippen LogP contribution in [-0.4, -0.2) is 102 Å². The van der Waals surface area contributed by atoms with Crippen LogP contribution in [0.2, 0.25) is 0 Å². The lowest BCUT2D eigenvalue weighted by atomic mass is 9.76. The van der Waals surface area contributed by atoms with Gasteiger partial charge >= 0.3 is 0 Å². The van der Waals surface area contributed by atoms with Crippen LogP contribution >= 0.6 is 0 Å². The van der Waals surface area contributed by atoms with Crippen LogP contribution in [-0.2, 0) is 24.6 Å². The van der Waals surface area contributed by atoms with Gasteiger partial charge in [-0.05, 0) is 56.2 Å². The van der Waals surface area contributed by atoms with Crippen LogP contribution in [0.25, 0.3) is 0 Å². The fourth-order valence-corrected chi connectivity index (χ4v) is 6.96.